The fraction of sp³-hybridized carbons (Fsp3) is 0.643. The van der Waals surface area contributed by atoms with Crippen LogP contribution in [0.1, 0.15) is 51.2 Å². The van der Waals surface area contributed by atoms with E-state index in [2.05, 4.69) is 30.9 Å². The Morgan fingerprint density at radius 3 is 2.74 bits per heavy atom. The lowest BCUT2D eigenvalue weighted by molar-refractivity contribution is -0.142. The zero-order valence-corrected chi connectivity index (χ0v) is 11.6. The first kappa shape index (κ1) is 13.8. The molecule has 1 aromatic heterocycles. The van der Waals surface area contributed by atoms with E-state index in [-0.39, 0.29) is 11.3 Å². The van der Waals surface area contributed by atoms with Crippen molar-refractivity contribution >= 4 is 5.97 Å². The topological polar surface area (TPSA) is 76.2 Å². The van der Waals surface area contributed by atoms with Gasteiger partial charge in [-0.05, 0) is 18.3 Å². The van der Waals surface area contributed by atoms with Gasteiger partial charge in [-0.15, -0.1) is 0 Å². The van der Waals surface area contributed by atoms with Crippen LogP contribution < -0.4 is 0 Å². The van der Waals surface area contributed by atoms with E-state index in [9.17, 15) is 9.90 Å². The third-order valence-corrected chi connectivity index (χ3v) is 3.24. The Kier molecular flexibility index (Phi) is 3.73. The van der Waals surface area contributed by atoms with Crippen molar-refractivity contribution in [3.63, 3.8) is 0 Å². The van der Waals surface area contributed by atoms with Crippen molar-refractivity contribution in [2.24, 2.45) is 11.3 Å². The number of rotatable bonds is 3. The molecule has 5 nitrogen and oxygen atoms in total. The van der Waals surface area contributed by atoms with Crippen molar-refractivity contribution in [2.45, 2.75) is 46.0 Å². The van der Waals surface area contributed by atoms with E-state index in [1.165, 1.54) is 0 Å². The number of hydrogen-bond donors (Lipinski definition) is 1. The number of allylic oxidation sites excluding steroid dienone is 2. The summed E-state index contributed by atoms with van der Waals surface area (Å²) >= 11 is 0. The number of aliphatic carboxylic acids is 1. The molecule has 19 heavy (non-hydrogen) atoms. The Bertz CT molecular complexity index is 485. The molecule has 0 fully saturated rings. The standard InChI is InChI=1S/C14H20N2O3/c1-14(2,3)8-11-15-12(19-16-11)9-6-4-5-7-10(9)13(17)18/h4-5,9-10H,6-8H2,1-3H3,(H,17,18)/t9-,10+/m1/s1. The molecule has 1 aliphatic carbocycles. The molecular formula is C14H20N2O3. The van der Waals surface area contributed by atoms with Gasteiger partial charge in [0.05, 0.1) is 11.8 Å². The molecule has 1 aromatic rings. The second-order valence-electron chi connectivity index (χ2n) is 6.28. The maximum Gasteiger partial charge on any atom is 0.307 e. The lowest BCUT2D eigenvalue weighted by Gasteiger charge is -2.21. The van der Waals surface area contributed by atoms with Gasteiger partial charge >= 0.3 is 5.97 Å². The number of carbonyl (C=O) groups is 1. The van der Waals surface area contributed by atoms with Crippen LogP contribution in [0.3, 0.4) is 0 Å². The van der Waals surface area contributed by atoms with Crippen LogP contribution in [-0.2, 0) is 11.2 Å². The van der Waals surface area contributed by atoms with Gasteiger partial charge in [-0.25, -0.2) is 0 Å². The molecule has 0 amide bonds. The van der Waals surface area contributed by atoms with Crippen LogP contribution in [-0.4, -0.2) is 21.2 Å². The number of carboxylic acids is 1. The smallest absolute Gasteiger partial charge is 0.307 e. The molecule has 2 atom stereocenters. The Morgan fingerprint density at radius 2 is 2.11 bits per heavy atom. The van der Waals surface area contributed by atoms with E-state index in [4.69, 9.17) is 4.52 Å². The van der Waals surface area contributed by atoms with Crippen molar-refractivity contribution in [1.29, 1.82) is 0 Å². The predicted molar refractivity (Wildman–Crippen MR) is 69.7 cm³/mol. The molecule has 1 N–H and O–H groups in total. The van der Waals surface area contributed by atoms with Crippen molar-refractivity contribution in [3.8, 4) is 0 Å². The molecule has 0 saturated carbocycles. The lowest BCUT2D eigenvalue weighted by Crippen LogP contribution is -2.23. The van der Waals surface area contributed by atoms with E-state index in [1.54, 1.807) is 0 Å². The first-order valence-corrected chi connectivity index (χ1v) is 6.57. The van der Waals surface area contributed by atoms with Gasteiger partial charge in [-0.1, -0.05) is 38.1 Å². The summed E-state index contributed by atoms with van der Waals surface area (Å²) in [5, 5.41) is 13.2. The fourth-order valence-corrected chi connectivity index (χ4v) is 2.32. The molecule has 0 saturated heterocycles. The Hall–Kier alpha value is -1.65. The van der Waals surface area contributed by atoms with Gasteiger partial charge in [-0.3, -0.25) is 4.79 Å². The highest BCUT2D eigenvalue weighted by Gasteiger charge is 2.34. The fourth-order valence-electron chi connectivity index (χ4n) is 2.32. The van der Waals surface area contributed by atoms with E-state index < -0.39 is 11.9 Å². The quantitative estimate of drug-likeness (QED) is 0.849. The molecule has 0 aromatic carbocycles. The monoisotopic (exact) mass is 264 g/mol. The minimum atomic E-state index is -0.801. The number of hydrogen-bond acceptors (Lipinski definition) is 4. The third-order valence-electron chi connectivity index (χ3n) is 3.24. The molecule has 0 radical (unpaired) electrons. The molecule has 1 heterocycles. The van der Waals surface area contributed by atoms with Crippen LogP contribution in [0.5, 0.6) is 0 Å². The maximum atomic E-state index is 11.2. The highest BCUT2D eigenvalue weighted by atomic mass is 16.5. The summed E-state index contributed by atoms with van der Waals surface area (Å²) in [5.74, 6) is -0.362. The molecule has 0 aliphatic heterocycles. The average molecular weight is 264 g/mol. The summed E-state index contributed by atoms with van der Waals surface area (Å²) in [6, 6.07) is 0. The van der Waals surface area contributed by atoms with Crippen molar-refractivity contribution in [3.05, 3.63) is 23.9 Å². The van der Waals surface area contributed by atoms with Crippen LogP contribution in [0.15, 0.2) is 16.7 Å². The predicted octanol–water partition coefficient (Wildman–Crippen LogP) is 2.79. The van der Waals surface area contributed by atoms with Gasteiger partial charge in [0.15, 0.2) is 5.82 Å². The summed E-state index contributed by atoms with van der Waals surface area (Å²) in [6.07, 6.45) is 5.78. The Balaban J connectivity index is 2.17. The molecule has 104 valence electrons. The number of nitrogens with zero attached hydrogens (tertiary/aromatic N) is 2. The molecule has 5 heteroatoms. The summed E-state index contributed by atoms with van der Waals surface area (Å²) in [4.78, 5) is 15.6. The zero-order valence-electron chi connectivity index (χ0n) is 11.6. The highest BCUT2D eigenvalue weighted by molar-refractivity contribution is 5.71. The molecular weight excluding hydrogens is 244 g/mol. The van der Waals surface area contributed by atoms with Crippen molar-refractivity contribution in [1.82, 2.24) is 10.1 Å². The van der Waals surface area contributed by atoms with Gasteiger partial charge in [0.1, 0.15) is 0 Å². The van der Waals surface area contributed by atoms with Crippen LogP contribution in [0, 0.1) is 11.3 Å². The van der Waals surface area contributed by atoms with Gasteiger partial charge in [0, 0.05) is 6.42 Å². The second-order valence-corrected chi connectivity index (χ2v) is 6.28. The minimum Gasteiger partial charge on any atom is -0.481 e. The third kappa shape index (κ3) is 3.43. The van der Waals surface area contributed by atoms with Crippen LogP contribution in [0.2, 0.25) is 0 Å². The summed E-state index contributed by atoms with van der Waals surface area (Å²) in [6.45, 7) is 6.31. The summed E-state index contributed by atoms with van der Waals surface area (Å²) in [5.41, 5.74) is 0.0831. The molecule has 0 unspecified atom stereocenters. The zero-order chi connectivity index (χ0) is 14.0. The second kappa shape index (κ2) is 5.15. The Labute approximate surface area is 112 Å². The Morgan fingerprint density at radius 1 is 1.42 bits per heavy atom. The largest absolute Gasteiger partial charge is 0.481 e. The molecule has 0 spiro atoms. The highest BCUT2D eigenvalue weighted by Crippen LogP contribution is 2.34. The van der Waals surface area contributed by atoms with Gasteiger partial charge < -0.3 is 9.63 Å². The normalized spacial score (nSPS) is 23.5. The van der Waals surface area contributed by atoms with Crippen molar-refractivity contribution < 1.29 is 14.4 Å². The number of aromatic nitrogens is 2. The maximum absolute atomic E-state index is 11.2. The van der Waals surface area contributed by atoms with Gasteiger partial charge in [-0.2, -0.15) is 4.98 Å². The van der Waals surface area contributed by atoms with Crippen molar-refractivity contribution in [2.75, 3.05) is 0 Å². The van der Waals surface area contributed by atoms with E-state index >= 15 is 0 Å². The number of carboxylic acid groups (broad SMARTS) is 1. The van der Waals surface area contributed by atoms with Crippen LogP contribution in [0.25, 0.3) is 0 Å². The van der Waals surface area contributed by atoms with E-state index in [0.29, 0.717) is 24.6 Å². The minimum absolute atomic E-state index is 0.0831. The van der Waals surface area contributed by atoms with Gasteiger partial charge in [0.25, 0.3) is 0 Å². The summed E-state index contributed by atoms with van der Waals surface area (Å²) in [7, 11) is 0. The molecule has 0 bridgehead atoms. The average Bonchev–Trinajstić information content (AvgIpc) is 2.75. The van der Waals surface area contributed by atoms with Crippen LogP contribution in [0.4, 0.5) is 0 Å². The first-order chi connectivity index (χ1) is 8.87. The summed E-state index contributed by atoms with van der Waals surface area (Å²) < 4.78 is 5.27. The lowest BCUT2D eigenvalue weighted by atomic mass is 9.83. The molecule has 1 aliphatic rings. The van der Waals surface area contributed by atoms with E-state index in [0.717, 1.165) is 6.42 Å². The molecule has 2 rings (SSSR count). The van der Waals surface area contributed by atoms with Crippen LogP contribution >= 0.6 is 0 Å². The SMILES string of the molecule is CC(C)(C)Cc1noc([C@@H]2CC=CC[C@@H]2C(=O)O)n1. The first-order valence-electron chi connectivity index (χ1n) is 6.57. The van der Waals surface area contributed by atoms with Gasteiger partial charge in [0.2, 0.25) is 5.89 Å². The van der Waals surface area contributed by atoms with E-state index in [1.807, 2.05) is 12.2 Å².